The van der Waals surface area contributed by atoms with Gasteiger partial charge in [0.15, 0.2) is 0 Å². The highest BCUT2D eigenvalue weighted by atomic mass is 35.5. The van der Waals surface area contributed by atoms with Crippen LogP contribution in [-0.4, -0.2) is 31.4 Å². The van der Waals surface area contributed by atoms with Gasteiger partial charge in [0.2, 0.25) is 0 Å². The number of halogens is 1. The number of carbonyl (C=O) groups is 1. The van der Waals surface area contributed by atoms with Crippen LogP contribution in [0, 0.1) is 13.8 Å². The molecule has 1 aromatic heterocycles. The van der Waals surface area contributed by atoms with E-state index in [1.807, 2.05) is 45.0 Å². The second-order valence-electron chi connectivity index (χ2n) is 7.65. The van der Waals surface area contributed by atoms with E-state index in [2.05, 4.69) is 0 Å². The number of aryl methyl sites for hydroxylation is 2. The monoisotopic (exact) mass is 460 g/mol. The van der Waals surface area contributed by atoms with Crippen molar-refractivity contribution in [3.63, 3.8) is 0 Å². The molecule has 6 nitrogen and oxygen atoms in total. The molecule has 0 fully saturated rings. The predicted molar refractivity (Wildman–Crippen MR) is 124 cm³/mol. The molecule has 3 rings (SSSR count). The van der Waals surface area contributed by atoms with E-state index in [0.29, 0.717) is 36.0 Å². The van der Waals surface area contributed by atoms with Gasteiger partial charge in [-0.25, -0.2) is 0 Å². The van der Waals surface area contributed by atoms with Gasteiger partial charge >= 0.3 is 5.97 Å². The SMILES string of the molecule is CCc1cc2cc(Cl)c(OCCOC)c(COc3ccc(CCC(=O)O)c(C)c3C)c2o1. The molecule has 172 valence electrons. The molecule has 0 spiro atoms. The van der Waals surface area contributed by atoms with Gasteiger partial charge in [0.25, 0.3) is 0 Å². The third-order valence-corrected chi connectivity index (χ3v) is 5.85. The number of hydrogen-bond donors (Lipinski definition) is 1. The van der Waals surface area contributed by atoms with E-state index in [1.165, 1.54) is 0 Å². The Balaban J connectivity index is 1.92. The van der Waals surface area contributed by atoms with Gasteiger partial charge in [0.1, 0.15) is 36.1 Å². The lowest BCUT2D eigenvalue weighted by molar-refractivity contribution is -0.136. The van der Waals surface area contributed by atoms with Gasteiger partial charge in [-0.2, -0.15) is 0 Å². The summed E-state index contributed by atoms with van der Waals surface area (Å²) in [4.78, 5) is 10.9. The normalized spacial score (nSPS) is 11.2. The molecule has 0 aliphatic heterocycles. The van der Waals surface area contributed by atoms with E-state index in [9.17, 15) is 4.79 Å². The molecule has 7 heteroatoms. The molecule has 0 unspecified atom stereocenters. The van der Waals surface area contributed by atoms with Crippen LogP contribution in [-0.2, 0) is 29.0 Å². The Bertz CT molecular complexity index is 1100. The number of furan rings is 1. The van der Waals surface area contributed by atoms with Crippen LogP contribution in [0.3, 0.4) is 0 Å². The first-order valence-corrected chi connectivity index (χ1v) is 11.0. The summed E-state index contributed by atoms with van der Waals surface area (Å²) in [5.41, 5.74) is 4.45. The minimum absolute atomic E-state index is 0.0986. The van der Waals surface area contributed by atoms with Gasteiger partial charge in [-0.1, -0.05) is 24.6 Å². The van der Waals surface area contributed by atoms with E-state index >= 15 is 0 Å². The van der Waals surface area contributed by atoms with Crippen molar-refractivity contribution in [2.24, 2.45) is 0 Å². The van der Waals surface area contributed by atoms with Crippen LogP contribution in [0.2, 0.25) is 5.02 Å². The fraction of sp³-hybridized carbons (Fsp3) is 0.400. The second kappa shape index (κ2) is 10.7. The minimum atomic E-state index is -0.807. The highest BCUT2D eigenvalue weighted by Crippen LogP contribution is 2.38. The molecule has 2 aromatic carbocycles. The standard InChI is InChI=1S/C25H29ClO6/c1-5-19-12-18-13-21(26)25(30-11-10-29-4)20(24(18)32-19)14-31-22-8-6-17(7-9-23(27)28)15(2)16(22)3/h6,8,12-13H,5,7,9-11,14H2,1-4H3,(H,27,28). The predicted octanol–water partition coefficient (Wildman–Crippen LogP) is 5.89. The molecule has 0 amide bonds. The summed E-state index contributed by atoms with van der Waals surface area (Å²) in [5, 5.41) is 10.4. The Labute approximate surface area is 193 Å². The maximum absolute atomic E-state index is 10.9. The van der Waals surface area contributed by atoms with Crippen LogP contribution in [0.15, 0.2) is 28.7 Å². The van der Waals surface area contributed by atoms with Gasteiger partial charge in [-0.05, 0) is 55.2 Å². The van der Waals surface area contributed by atoms with Gasteiger partial charge < -0.3 is 23.7 Å². The molecule has 0 saturated heterocycles. The van der Waals surface area contributed by atoms with Gasteiger partial charge in [0, 0.05) is 25.3 Å². The average molecular weight is 461 g/mol. The number of methoxy groups -OCH3 is 1. The van der Waals surface area contributed by atoms with E-state index in [-0.39, 0.29) is 13.0 Å². The van der Waals surface area contributed by atoms with E-state index in [1.54, 1.807) is 7.11 Å². The first-order valence-electron chi connectivity index (χ1n) is 10.6. The summed E-state index contributed by atoms with van der Waals surface area (Å²) >= 11 is 6.55. The molecule has 1 heterocycles. The summed E-state index contributed by atoms with van der Waals surface area (Å²) in [6.45, 7) is 6.99. The third kappa shape index (κ3) is 5.37. The minimum Gasteiger partial charge on any atom is -0.489 e. The number of fused-ring (bicyclic) bond motifs is 1. The molecule has 3 aromatic rings. The molecule has 0 saturated carbocycles. The van der Waals surface area contributed by atoms with Crippen molar-refractivity contribution >= 4 is 28.5 Å². The van der Waals surface area contributed by atoms with E-state index in [0.717, 1.165) is 45.6 Å². The fourth-order valence-electron chi connectivity index (χ4n) is 3.61. The molecule has 1 N–H and O–H groups in total. The van der Waals surface area contributed by atoms with E-state index in [4.69, 9.17) is 35.3 Å². The third-order valence-electron chi connectivity index (χ3n) is 5.57. The van der Waals surface area contributed by atoms with Crippen molar-refractivity contribution in [2.45, 2.75) is 46.6 Å². The van der Waals surface area contributed by atoms with Crippen LogP contribution < -0.4 is 9.47 Å². The summed E-state index contributed by atoms with van der Waals surface area (Å²) in [6.07, 6.45) is 1.35. The Hall–Kier alpha value is -2.70. The summed E-state index contributed by atoms with van der Waals surface area (Å²) in [7, 11) is 1.61. The lowest BCUT2D eigenvalue weighted by atomic mass is 9.99. The molecule has 0 radical (unpaired) electrons. The molecule has 0 bridgehead atoms. The number of rotatable bonds is 11. The molecular formula is C25H29ClO6. The van der Waals surface area contributed by atoms with Crippen molar-refractivity contribution in [2.75, 3.05) is 20.3 Å². The Morgan fingerprint density at radius 3 is 2.59 bits per heavy atom. The number of hydrogen-bond acceptors (Lipinski definition) is 5. The smallest absolute Gasteiger partial charge is 0.303 e. The fourth-order valence-corrected chi connectivity index (χ4v) is 3.90. The zero-order chi connectivity index (χ0) is 23.3. The lowest BCUT2D eigenvalue weighted by Gasteiger charge is -2.17. The van der Waals surface area contributed by atoms with Crippen LogP contribution in [0.4, 0.5) is 0 Å². The first kappa shape index (κ1) is 24.0. The summed E-state index contributed by atoms with van der Waals surface area (Å²) in [6, 6.07) is 7.63. The maximum atomic E-state index is 10.9. The highest BCUT2D eigenvalue weighted by molar-refractivity contribution is 6.33. The first-order chi connectivity index (χ1) is 15.3. The Morgan fingerprint density at radius 2 is 1.91 bits per heavy atom. The molecule has 32 heavy (non-hydrogen) atoms. The number of benzene rings is 2. The topological polar surface area (TPSA) is 78.1 Å². The molecule has 0 aliphatic rings. The highest BCUT2D eigenvalue weighted by Gasteiger charge is 2.19. The number of carboxylic acid groups (broad SMARTS) is 1. The van der Waals surface area contributed by atoms with Crippen molar-refractivity contribution in [3.8, 4) is 11.5 Å². The summed E-state index contributed by atoms with van der Waals surface area (Å²) < 4.78 is 23.3. The van der Waals surface area contributed by atoms with E-state index < -0.39 is 5.97 Å². The van der Waals surface area contributed by atoms with Crippen molar-refractivity contribution in [1.29, 1.82) is 0 Å². The lowest BCUT2D eigenvalue weighted by Crippen LogP contribution is -2.08. The second-order valence-corrected chi connectivity index (χ2v) is 8.05. The average Bonchev–Trinajstić information content (AvgIpc) is 3.17. The summed E-state index contributed by atoms with van der Waals surface area (Å²) in [5.74, 6) is 1.31. The van der Waals surface area contributed by atoms with Crippen molar-refractivity contribution in [3.05, 3.63) is 57.3 Å². The molecular weight excluding hydrogens is 432 g/mol. The van der Waals surface area contributed by atoms with Crippen LogP contribution in [0.25, 0.3) is 11.0 Å². The van der Waals surface area contributed by atoms with Crippen LogP contribution in [0.5, 0.6) is 11.5 Å². The largest absolute Gasteiger partial charge is 0.489 e. The van der Waals surface area contributed by atoms with Crippen LogP contribution in [0.1, 0.15) is 41.4 Å². The number of carboxylic acids is 1. The molecule has 0 aliphatic carbocycles. The maximum Gasteiger partial charge on any atom is 0.303 e. The number of aliphatic carboxylic acids is 1. The van der Waals surface area contributed by atoms with Crippen molar-refractivity contribution < 1.29 is 28.5 Å². The Morgan fingerprint density at radius 1 is 1.12 bits per heavy atom. The zero-order valence-corrected chi connectivity index (χ0v) is 19.7. The van der Waals surface area contributed by atoms with Gasteiger partial charge in [-0.15, -0.1) is 0 Å². The van der Waals surface area contributed by atoms with Gasteiger partial charge in [0.05, 0.1) is 17.2 Å². The Kier molecular flexibility index (Phi) is 8.04. The van der Waals surface area contributed by atoms with Gasteiger partial charge in [-0.3, -0.25) is 4.79 Å². The quantitative estimate of drug-likeness (QED) is 0.359. The number of ether oxygens (including phenoxy) is 3. The molecule has 0 atom stereocenters. The van der Waals surface area contributed by atoms with Crippen LogP contribution >= 0.6 is 11.6 Å². The zero-order valence-electron chi connectivity index (χ0n) is 18.9. The van der Waals surface area contributed by atoms with Crippen molar-refractivity contribution in [1.82, 2.24) is 0 Å².